The van der Waals surface area contributed by atoms with Gasteiger partial charge in [-0.2, -0.15) is 5.26 Å². The summed E-state index contributed by atoms with van der Waals surface area (Å²) >= 11 is 0. The van der Waals surface area contributed by atoms with Crippen LogP contribution in [-0.2, 0) is 4.79 Å². The van der Waals surface area contributed by atoms with Gasteiger partial charge in [-0.05, 0) is 26.0 Å². The van der Waals surface area contributed by atoms with Crippen LogP contribution in [0.3, 0.4) is 0 Å². The lowest BCUT2D eigenvalue weighted by Gasteiger charge is -2.18. The van der Waals surface area contributed by atoms with Gasteiger partial charge in [0.2, 0.25) is 0 Å². The summed E-state index contributed by atoms with van der Waals surface area (Å²) in [4.78, 5) is 13.1. The number of anilines is 1. The Hall–Kier alpha value is -2.06. The van der Waals surface area contributed by atoms with Crippen molar-refractivity contribution in [1.82, 2.24) is 0 Å². The summed E-state index contributed by atoms with van der Waals surface area (Å²) in [7, 11) is 1.57. The molecule has 0 saturated heterocycles. The molecule has 1 aromatic carbocycles. The summed E-state index contributed by atoms with van der Waals surface area (Å²) in [6, 6.07) is 9.51. The molecule has 0 heterocycles. The second-order valence-electron chi connectivity index (χ2n) is 4.76. The maximum absolute atomic E-state index is 12.0. The van der Waals surface area contributed by atoms with Gasteiger partial charge in [-0.3, -0.25) is 4.79 Å². The van der Waals surface area contributed by atoms with Crippen LogP contribution < -0.4 is 15.0 Å². The Labute approximate surface area is 120 Å². The molecule has 0 aliphatic carbocycles. The molecule has 2 atom stereocenters. The molecule has 108 valence electrons. The number of quaternary nitrogens is 1. The summed E-state index contributed by atoms with van der Waals surface area (Å²) in [6.07, 6.45) is 0. The fraction of sp³-hybridized carbons (Fsp3) is 0.467. The van der Waals surface area contributed by atoms with Gasteiger partial charge < -0.3 is 15.0 Å². The van der Waals surface area contributed by atoms with Crippen LogP contribution in [0.15, 0.2) is 24.3 Å². The summed E-state index contributed by atoms with van der Waals surface area (Å²) in [5.74, 6) is 0.518. The minimum atomic E-state index is -0.0727. The molecule has 0 fully saturated rings. The minimum absolute atomic E-state index is 0.0518. The summed E-state index contributed by atoms with van der Waals surface area (Å²) in [5.41, 5.74) is 0.670. The Morgan fingerprint density at radius 2 is 2.20 bits per heavy atom. The van der Waals surface area contributed by atoms with Gasteiger partial charge in [0.05, 0.1) is 37.9 Å². The standard InChI is InChI=1S/C15H21N3O2/c1-4-18(10-12(2)9-16)11-15(19)17-13-7-5-6-8-14(13)20-3/h5-8,12H,4,10-11H2,1-3H3,(H,17,19)/p+1/t12-/m1/s1. The van der Waals surface area contributed by atoms with E-state index in [1.165, 1.54) is 0 Å². The van der Waals surface area contributed by atoms with Gasteiger partial charge in [-0.25, -0.2) is 0 Å². The highest BCUT2D eigenvalue weighted by atomic mass is 16.5. The first-order valence-electron chi connectivity index (χ1n) is 6.76. The van der Waals surface area contributed by atoms with Crippen LogP contribution >= 0.6 is 0 Å². The van der Waals surface area contributed by atoms with E-state index in [-0.39, 0.29) is 11.8 Å². The van der Waals surface area contributed by atoms with Crippen molar-refractivity contribution in [3.8, 4) is 11.8 Å². The largest absolute Gasteiger partial charge is 0.495 e. The molecular formula is C15H22N3O2+. The third kappa shape index (κ3) is 4.90. The number of para-hydroxylation sites is 2. The van der Waals surface area contributed by atoms with Gasteiger partial charge in [0.15, 0.2) is 6.54 Å². The maximum Gasteiger partial charge on any atom is 0.279 e. The second-order valence-corrected chi connectivity index (χ2v) is 4.76. The Kier molecular flexibility index (Phi) is 6.54. The first-order valence-corrected chi connectivity index (χ1v) is 6.76. The van der Waals surface area contributed by atoms with Gasteiger partial charge in [-0.15, -0.1) is 0 Å². The van der Waals surface area contributed by atoms with E-state index < -0.39 is 0 Å². The van der Waals surface area contributed by atoms with E-state index in [0.717, 1.165) is 11.4 Å². The van der Waals surface area contributed by atoms with Gasteiger partial charge in [-0.1, -0.05) is 12.1 Å². The molecule has 2 N–H and O–H groups in total. The van der Waals surface area contributed by atoms with Crippen LogP contribution in [0.4, 0.5) is 5.69 Å². The molecule has 0 radical (unpaired) electrons. The average molecular weight is 276 g/mol. The molecule has 1 rings (SSSR count). The summed E-state index contributed by atoms with van der Waals surface area (Å²) < 4.78 is 5.19. The average Bonchev–Trinajstić information content (AvgIpc) is 2.46. The molecule has 0 aliphatic heterocycles. The van der Waals surface area contributed by atoms with Crippen molar-refractivity contribution in [1.29, 1.82) is 5.26 Å². The van der Waals surface area contributed by atoms with E-state index in [9.17, 15) is 4.79 Å². The topological polar surface area (TPSA) is 66.6 Å². The van der Waals surface area contributed by atoms with E-state index in [0.29, 0.717) is 24.5 Å². The maximum atomic E-state index is 12.0. The van der Waals surface area contributed by atoms with Crippen molar-refractivity contribution in [3.63, 3.8) is 0 Å². The van der Waals surface area contributed by atoms with E-state index >= 15 is 0 Å². The molecule has 5 heteroatoms. The number of nitrogens with zero attached hydrogens (tertiary/aromatic N) is 1. The van der Waals surface area contributed by atoms with E-state index in [4.69, 9.17) is 10.00 Å². The normalized spacial score (nSPS) is 13.1. The number of carbonyl (C=O) groups excluding carboxylic acids is 1. The van der Waals surface area contributed by atoms with Crippen LogP contribution in [0.2, 0.25) is 0 Å². The molecule has 1 amide bonds. The molecule has 0 spiro atoms. The number of rotatable bonds is 7. The number of likely N-dealkylation sites (N-methyl/N-ethyl adjacent to an activating group) is 1. The monoisotopic (exact) mass is 276 g/mol. The number of carbonyl (C=O) groups is 1. The lowest BCUT2D eigenvalue weighted by Crippen LogP contribution is -3.13. The van der Waals surface area contributed by atoms with Crippen LogP contribution in [0, 0.1) is 17.2 Å². The molecular weight excluding hydrogens is 254 g/mol. The lowest BCUT2D eigenvalue weighted by atomic mass is 10.2. The highest BCUT2D eigenvalue weighted by Gasteiger charge is 2.16. The fourth-order valence-corrected chi connectivity index (χ4v) is 1.99. The van der Waals surface area contributed by atoms with E-state index in [1.807, 2.05) is 26.0 Å². The van der Waals surface area contributed by atoms with Crippen LogP contribution in [0.25, 0.3) is 0 Å². The van der Waals surface area contributed by atoms with Crippen molar-refractivity contribution in [2.75, 3.05) is 32.1 Å². The van der Waals surface area contributed by atoms with Crippen LogP contribution in [0.1, 0.15) is 13.8 Å². The molecule has 0 bridgehead atoms. The number of methoxy groups -OCH3 is 1. The lowest BCUT2D eigenvalue weighted by molar-refractivity contribution is -0.892. The number of hydrogen-bond donors (Lipinski definition) is 2. The van der Waals surface area contributed by atoms with E-state index in [1.54, 1.807) is 19.2 Å². The smallest absolute Gasteiger partial charge is 0.279 e. The molecule has 5 nitrogen and oxygen atoms in total. The summed E-state index contributed by atoms with van der Waals surface area (Å²) in [5, 5.41) is 11.7. The Morgan fingerprint density at radius 3 is 2.80 bits per heavy atom. The predicted octanol–water partition coefficient (Wildman–Crippen LogP) is 0.698. The third-order valence-electron chi connectivity index (χ3n) is 3.11. The Bertz CT molecular complexity index is 482. The molecule has 0 aromatic heterocycles. The van der Waals surface area contributed by atoms with E-state index in [2.05, 4.69) is 11.4 Å². The van der Waals surface area contributed by atoms with Crippen LogP contribution in [0.5, 0.6) is 5.75 Å². The van der Waals surface area contributed by atoms with Crippen molar-refractivity contribution in [2.24, 2.45) is 5.92 Å². The molecule has 1 unspecified atom stereocenters. The minimum Gasteiger partial charge on any atom is -0.495 e. The first kappa shape index (κ1) is 16.0. The molecule has 0 saturated carbocycles. The number of amides is 1. The summed E-state index contributed by atoms with van der Waals surface area (Å²) in [6.45, 7) is 5.71. The number of benzene rings is 1. The molecule has 1 aromatic rings. The highest BCUT2D eigenvalue weighted by molar-refractivity contribution is 5.92. The predicted molar refractivity (Wildman–Crippen MR) is 77.6 cm³/mol. The second kappa shape index (κ2) is 8.18. The Morgan fingerprint density at radius 1 is 1.50 bits per heavy atom. The van der Waals surface area contributed by atoms with Gasteiger partial charge in [0.25, 0.3) is 5.91 Å². The number of ether oxygens (including phenoxy) is 1. The van der Waals surface area contributed by atoms with Crippen molar-refractivity contribution < 1.29 is 14.4 Å². The quantitative estimate of drug-likeness (QED) is 0.770. The Balaban J connectivity index is 2.60. The third-order valence-corrected chi connectivity index (χ3v) is 3.11. The molecule has 0 aliphatic rings. The van der Waals surface area contributed by atoms with Crippen molar-refractivity contribution >= 4 is 11.6 Å². The number of hydrogen-bond acceptors (Lipinski definition) is 3. The number of nitrogens with one attached hydrogen (secondary N) is 2. The van der Waals surface area contributed by atoms with Gasteiger partial charge in [0.1, 0.15) is 5.75 Å². The van der Waals surface area contributed by atoms with Crippen molar-refractivity contribution in [3.05, 3.63) is 24.3 Å². The molecule has 20 heavy (non-hydrogen) atoms. The highest BCUT2D eigenvalue weighted by Crippen LogP contribution is 2.22. The SMILES string of the molecule is CC[NH+](CC(=O)Nc1ccccc1OC)C[C@H](C)C#N. The fourth-order valence-electron chi connectivity index (χ4n) is 1.99. The zero-order valence-corrected chi connectivity index (χ0v) is 12.3. The zero-order valence-electron chi connectivity index (χ0n) is 12.3. The zero-order chi connectivity index (χ0) is 15.0. The van der Waals surface area contributed by atoms with Gasteiger partial charge >= 0.3 is 0 Å². The van der Waals surface area contributed by atoms with Crippen LogP contribution in [-0.4, -0.2) is 32.7 Å². The van der Waals surface area contributed by atoms with Gasteiger partial charge in [0, 0.05) is 0 Å². The number of nitriles is 1. The van der Waals surface area contributed by atoms with Crippen molar-refractivity contribution in [2.45, 2.75) is 13.8 Å². The first-order chi connectivity index (χ1) is 9.60.